The Bertz CT molecular complexity index is 220. The van der Waals surface area contributed by atoms with Crippen LogP contribution < -0.4 is 0 Å². The standard InChI is InChI=1S/C12H20.2C3H8O.Ti/c1-11(2,3)9-7-8-10-12(4,5)6;2*1-3(2)4;/h7-8H,1-6H3;2*3-4H,1-2H3;/q-2;;;+2. The second-order valence-corrected chi connectivity index (χ2v) is 7.31. The van der Waals surface area contributed by atoms with Gasteiger partial charge in [0.25, 0.3) is 0 Å². The summed E-state index contributed by atoms with van der Waals surface area (Å²) in [6.45, 7) is 19.7. The summed E-state index contributed by atoms with van der Waals surface area (Å²) in [5, 5.41) is 16.1. The molecule has 0 aliphatic heterocycles. The Balaban J connectivity index is -0.000000134. The molecular formula is C18H36O2Ti. The molecule has 2 N–H and O–H groups in total. The van der Waals surface area contributed by atoms with Crippen LogP contribution in [-0.4, -0.2) is 22.4 Å². The maximum Gasteiger partial charge on any atom is 2.00 e. The van der Waals surface area contributed by atoms with Gasteiger partial charge >= 0.3 is 21.7 Å². The van der Waals surface area contributed by atoms with Crippen molar-refractivity contribution in [2.45, 2.75) is 81.4 Å². The van der Waals surface area contributed by atoms with Gasteiger partial charge in [0.15, 0.2) is 0 Å². The molecule has 0 heterocycles. The van der Waals surface area contributed by atoms with Gasteiger partial charge in [0.2, 0.25) is 0 Å². The fourth-order valence-corrected chi connectivity index (χ4v) is 0.583. The van der Waals surface area contributed by atoms with E-state index in [2.05, 4.69) is 53.7 Å². The van der Waals surface area contributed by atoms with Crippen molar-refractivity contribution in [1.82, 2.24) is 0 Å². The molecule has 0 unspecified atom stereocenters. The first-order chi connectivity index (χ1) is 8.67. The summed E-state index contributed by atoms with van der Waals surface area (Å²) in [4.78, 5) is 0. The molecule has 0 aromatic rings. The van der Waals surface area contributed by atoms with Crippen LogP contribution in [0.4, 0.5) is 0 Å². The summed E-state index contributed by atoms with van der Waals surface area (Å²) >= 11 is 0. The van der Waals surface area contributed by atoms with Crippen LogP contribution in [0, 0.1) is 23.0 Å². The van der Waals surface area contributed by atoms with Crippen LogP contribution in [0.15, 0.2) is 12.2 Å². The van der Waals surface area contributed by atoms with E-state index in [-0.39, 0.29) is 44.8 Å². The van der Waals surface area contributed by atoms with Crippen molar-refractivity contribution in [2.75, 3.05) is 0 Å². The van der Waals surface area contributed by atoms with E-state index in [9.17, 15) is 0 Å². The Morgan fingerprint density at radius 1 is 0.667 bits per heavy atom. The molecule has 0 aliphatic carbocycles. The average molecular weight is 332 g/mol. The largest absolute Gasteiger partial charge is 2.00 e. The minimum absolute atomic E-state index is 0. The van der Waals surface area contributed by atoms with Crippen LogP contribution in [0.1, 0.15) is 69.2 Å². The first kappa shape index (κ1) is 29.2. The number of aliphatic hydroxyl groups excluding tert-OH is 2. The van der Waals surface area contributed by atoms with Gasteiger partial charge in [-0.05, 0) is 27.7 Å². The summed E-state index contributed by atoms with van der Waals surface area (Å²) < 4.78 is 0. The van der Waals surface area contributed by atoms with Gasteiger partial charge in [-0.1, -0.05) is 41.5 Å². The van der Waals surface area contributed by atoms with Crippen LogP contribution >= 0.6 is 0 Å². The normalized spacial score (nSPS) is 11.9. The van der Waals surface area contributed by atoms with Crippen molar-refractivity contribution < 1.29 is 31.9 Å². The molecule has 0 saturated heterocycles. The zero-order valence-electron chi connectivity index (χ0n) is 15.7. The second kappa shape index (κ2) is 15.0. The van der Waals surface area contributed by atoms with Gasteiger partial charge in [-0.2, -0.15) is 0 Å². The van der Waals surface area contributed by atoms with E-state index < -0.39 is 0 Å². The predicted molar refractivity (Wildman–Crippen MR) is 89.2 cm³/mol. The molecule has 2 nitrogen and oxygen atoms in total. The Labute approximate surface area is 148 Å². The van der Waals surface area contributed by atoms with Crippen LogP contribution in [0.2, 0.25) is 0 Å². The molecule has 0 atom stereocenters. The van der Waals surface area contributed by atoms with E-state index in [1.807, 2.05) is 12.2 Å². The number of allylic oxidation sites excluding steroid dienone is 4. The Hall–Kier alpha value is 0.114. The number of rotatable bonds is 1. The third kappa shape index (κ3) is 79.5. The van der Waals surface area contributed by atoms with Gasteiger partial charge in [-0.3, -0.25) is 0 Å². The van der Waals surface area contributed by atoms with Gasteiger partial charge in [0.05, 0.1) is 0 Å². The van der Waals surface area contributed by atoms with Crippen LogP contribution in [-0.2, 0) is 21.7 Å². The Kier molecular flexibility index (Phi) is 20.9. The summed E-state index contributed by atoms with van der Waals surface area (Å²) in [5.74, 6) is 0. The number of aliphatic hydroxyl groups is 2. The second-order valence-electron chi connectivity index (χ2n) is 7.31. The van der Waals surface area contributed by atoms with E-state index >= 15 is 0 Å². The minimum Gasteiger partial charge on any atom is -0.394 e. The van der Waals surface area contributed by atoms with Crippen LogP contribution in [0.5, 0.6) is 0 Å². The minimum atomic E-state index is -0.167. The van der Waals surface area contributed by atoms with E-state index in [0.717, 1.165) is 0 Å². The summed E-state index contributed by atoms with van der Waals surface area (Å²) in [7, 11) is 0. The topological polar surface area (TPSA) is 40.5 Å². The summed E-state index contributed by atoms with van der Waals surface area (Å²) in [6, 6.07) is 0. The third-order valence-electron chi connectivity index (χ3n) is 1.12. The van der Waals surface area contributed by atoms with Crippen molar-refractivity contribution in [3.63, 3.8) is 0 Å². The molecular weight excluding hydrogens is 296 g/mol. The van der Waals surface area contributed by atoms with Crippen molar-refractivity contribution in [2.24, 2.45) is 10.8 Å². The Morgan fingerprint density at radius 2 is 0.810 bits per heavy atom. The predicted octanol–water partition coefficient (Wildman–Crippen LogP) is 4.57. The summed E-state index contributed by atoms with van der Waals surface area (Å²) in [6.07, 6.45) is 10.1. The van der Waals surface area contributed by atoms with E-state index in [4.69, 9.17) is 10.2 Å². The van der Waals surface area contributed by atoms with Crippen molar-refractivity contribution >= 4 is 0 Å². The molecule has 0 bridgehead atoms. The first-order valence-corrected chi connectivity index (χ1v) is 7.24. The number of hydrogen-bond acceptors (Lipinski definition) is 2. The molecule has 3 heteroatoms. The molecule has 0 radical (unpaired) electrons. The SMILES string of the molecule is CC(C)(C)[C-]=CC=[C-]C(C)(C)C.CC(C)O.CC(C)O.[Ti+2]. The van der Waals surface area contributed by atoms with Gasteiger partial charge < -0.3 is 34.5 Å². The molecule has 0 aromatic heterocycles. The Morgan fingerprint density at radius 3 is 0.905 bits per heavy atom. The molecule has 0 spiro atoms. The molecule has 0 aromatic carbocycles. The molecule has 0 aliphatic rings. The van der Waals surface area contributed by atoms with Gasteiger partial charge in [0, 0.05) is 12.2 Å². The summed E-state index contributed by atoms with van der Waals surface area (Å²) in [5.41, 5.74) is 0.298. The van der Waals surface area contributed by atoms with E-state index in [0.29, 0.717) is 0 Å². The number of hydrogen-bond donors (Lipinski definition) is 2. The van der Waals surface area contributed by atoms with Gasteiger partial charge in [0.1, 0.15) is 0 Å². The van der Waals surface area contributed by atoms with Crippen LogP contribution in [0.25, 0.3) is 0 Å². The quantitative estimate of drug-likeness (QED) is 0.419. The average Bonchev–Trinajstić information content (AvgIpc) is 2.07. The zero-order chi connectivity index (χ0) is 17.0. The molecule has 0 saturated carbocycles. The monoisotopic (exact) mass is 332 g/mol. The van der Waals surface area contributed by atoms with Crippen molar-refractivity contribution in [3.8, 4) is 0 Å². The van der Waals surface area contributed by atoms with Crippen LogP contribution in [0.3, 0.4) is 0 Å². The smallest absolute Gasteiger partial charge is 0.394 e. The molecule has 0 amide bonds. The van der Waals surface area contributed by atoms with E-state index in [1.54, 1.807) is 27.7 Å². The van der Waals surface area contributed by atoms with Crippen molar-refractivity contribution in [1.29, 1.82) is 0 Å². The zero-order valence-corrected chi connectivity index (χ0v) is 17.3. The van der Waals surface area contributed by atoms with Crippen molar-refractivity contribution in [3.05, 3.63) is 24.3 Å². The third-order valence-corrected chi connectivity index (χ3v) is 1.12. The van der Waals surface area contributed by atoms with Gasteiger partial charge in [-0.15, -0.1) is 10.8 Å². The molecule has 21 heavy (non-hydrogen) atoms. The fourth-order valence-electron chi connectivity index (χ4n) is 0.583. The first-order valence-electron chi connectivity index (χ1n) is 7.24. The maximum absolute atomic E-state index is 8.06. The maximum atomic E-state index is 8.06. The molecule has 0 rings (SSSR count). The fraction of sp³-hybridized carbons (Fsp3) is 0.778. The van der Waals surface area contributed by atoms with E-state index in [1.165, 1.54) is 0 Å². The molecule has 124 valence electrons. The van der Waals surface area contributed by atoms with Gasteiger partial charge in [-0.25, -0.2) is 0 Å². The molecule has 0 fully saturated rings.